The van der Waals surface area contributed by atoms with E-state index in [4.69, 9.17) is 56.8 Å². The number of aliphatic hydroxyl groups is 1. The molecule has 3 fully saturated rings. The first kappa shape index (κ1) is 108. The third-order valence-electron chi connectivity index (χ3n) is 11.1. The Morgan fingerprint density at radius 2 is 0.671 bits per heavy atom. The smallest absolute Gasteiger partial charge is 0 e. The standard InChI is InChI=1S/C30H36N4O2.C9H8O3.C6H14N2.C3H8.CH4O.3CH4.Cl2.2ClH.3Co.8H2O/c1-19-11-21-15-31-25-7-3-5-9-27(25)33-17-23-13-20(2)14-24(30(23)36)18-34-28-10-6-4-8-26(28)32-16-22(12-19)29(21)35;1-6-2-7(4-10)9(12)8(3-6)5-11;7-5-3-1-2-4-6(5)8;1-3-2;1-2;;;;1-2;;;;;;;;;;;;;/h11-18,25-28,35-36H,3-10H2,1-2H3;2-5,12H,1H3;5-6H,1-4,7-8H2;3H2,1-2H3;2H,1H3;3*1H4;;2*1H;;;;8*1H2/q;;;;;;;;;;;;;+2;;;;;;;;/p-2. The molecule has 2 radical (unpaired) electrons. The van der Waals surface area contributed by atoms with Crippen molar-refractivity contribution in [3.05, 3.63) is 86.5 Å². The number of benzene rings is 3. The number of halogens is 4. The van der Waals surface area contributed by atoms with Crippen LogP contribution in [0.3, 0.4) is 0 Å². The molecule has 1 aliphatic heterocycles. The van der Waals surface area contributed by atoms with Crippen molar-refractivity contribution in [3.8, 4) is 17.2 Å². The Bertz CT molecular complexity index is 1840. The van der Waals surface area contributed by atoms with Crippen LogP contribution in [0.25, 0.3) is 0 Å². The molecule has 0 aromatic heterocycles. The Hall–Kier alpha value is -2.68. The zero-order valence-corrected chi connectivity index (χ0v) is 49.8. The van der Waals surface area contributed by atoms with Gasteiger partial charge in [0.2, 0.25) is 0 Å². The fourth-order valence-electron chi connectivity index (χ4n) is 7.85. The van der Waals surface area contributed by atoms with Crippen LogP contribution in [0.15, 0.2) is 56.4 Å². The first-order valence-electron chi connectivity index (χ1n) is 22.3. The van der Waals surface area contributed by atoms with Crippen LogP contribution in [-0.2, 0) is 46.5 Å². The van der Waals surface area contributed by atoms with E-state index >= 15 is 0 Å². The van der Waals surface area contributed by atoms with E-state index in [1.807, 2.05) is 38.1 Å². The SMILES string of the molecule is C.C.C.CCC.CO.Cc1cc(C=O)c(O)c(C=O)c1.Cc1cc2c(O)c(c1)C=NC1CCCCC1N=Cc1cc(C)cc(c1O)C=NC1CCCCC1N=C2.ClCl.NC1CCCCC1N.O.O.O.O.O.O.O.O.[Cl][Co][Cl].[Co].[Co]. The van der Waals surface area contributed by atoms with E-state index in [2.05, 4.69) is 35.6 Å². The van der Waals surface area contributed by atoms with Gasteiger partial charge < -0.3 is 75.7 Å². The molecule has 3 saturated carbocycles. The van der Waals surface area contributed by atoms with E-state index in [0.29, 0.717) is 47.7 Å². The Kier molecular flexibility index (Phi) is 86.0. The molecule has 6 atom stereocenters. The first-order valence-corrected chi connectivity index (χ1v) is 26.3. The van der Waals surface area contributed by atoms with Crippen LogP contribution in [0.4, 0.5) is 0 Å². The van der Waals surface area contributed by atoms with Gasteiger partial charge in [0.1, 0.15) is 17.2 Å². The van der Waals surface area contributed by atoms with Crippen LogP contribution in [0.1, 0.15) is 179 Å². The number of hydrogen-bond donors (Lipinski definition) is 6. The van der Waals surface area contributed by atoms with Gasteiger partial charge >= 0.3 is 33.2 Å². The van der Waals surface area contributed by atoms with Gasteiger partial charge in [-0.15, -0.1) is 0 Å². The second kappa shape index (κ2) is 62.9. The van der Waals surface area contributed by atoms with Gasteiger partial charge in [-0.2, -0.15) is 0 Å². The molecule has 0 amide bonds. The predicted octanol–water partition coefficient (Wildman–Crippen LogP) is 6.35. The molecule has 3 aliphatic carbocycles. The summed E-state index contributed by atoms with van der Waals surface area (Å²) >= 11 is 0.382. The van der Waals surface area contributed by atoms with Gasteiger partial charge in [0, 0.05) is 122 Å². The molecule has 79 heavy (non-hydrogen) atoms. The molecule has 4 bridgehead atoms. The third kappa shape index (κ3) is 38.7. The minimum atomic E-state index is -0.245. The van der Waals surface area contributed by atoms with E-state index < -0.39 is 0 Å². The molecule has 0 spiro atoms. The molecule has 20 nitrogen and oxygen atoms in total. The average molecular weight is 1350 g/mol. The molecular formula is C52H98Cl4Co3N6O14. The number of aliphatic imine (C=N–C) groups is 4. The Balaban J connectivity index is -0.0000000780. The molecule has 3 aromatic rings. The monoisotopic (exact) mass is 1350 g/mol. The molecule has 1 heterocycles. The number of phenolic OH excluding ortho intramolecular Hbond substituents is 3. The molecule has 7 rings (SSSR count). The number of aromatic hydroxyl groups is 3. The van der Waals surface area contributed by atoms with Crippen LogP contribution < -0.4 is 11.5 Å². The van der Waals surface area contributed by atoms with E-state index in [1.54, 1.807) is 31.8 Å². The number of fused-ring (bicyclic) bond motifs is 6. The Morgan fingerprint density at radius 1 is 0.481 bits per heavy atom. The summed E-state index contributed by atoms with van der Waals surface area (Å²) in [4.78, 5) is 40.3. The maximum atomic E-state index is 11.0. The van der Waals surface area contributed by atoms with Crippen LogP contribution in [0.5, 0.6) is 17.2 Å². The Morgan fingerprint density at radius 3 is 0.861 bits per heavy atom. The minimum absolute atomic E-state index is 0. The maximum absolute atomic E-state index is 11.0. The summed E-state index contributed by atoms with van der Waals surface area (Å²) in [5.74, 6) is 0.193. The molecule has 27 heteroatoms. The van der Waals surface area contributed by atoms with Gasteiger partial charge in [-0.3, -0.25) is 29.6 Å². The quantitative estimate of drug-likeness (QED) is 0.157. The largest absolute Gasteiger partial charge is 0 e. The number of phenols is 3. The number of carbonyl (C=O) groups excluding carboxylic acids is 2. The van der Waals surface area contributed by atoms with Crippen molar-refractivity contribution in [2.24, 2.45) is 31.4 Å². The normalized spacial score (nSPS) is 18.0. The molecule has 6 unspecified atom stereocenters. The summed E-state index contributed by atoms with van der Waals surface area (Å²) < 4.78 is 0. The summed E-state index contributed by atoms with van der Waals surface area (Å²) in [5.41, 5.74) is 17.4. The van der Waals surface area contributed by atoms with Crippen LogP contribution >= 0.6 is 42.0 Å². The van der Waals surface area contributed by atoms with Crippen LogP contribution in [0.2, 0.25) is 0 Å². The second-order valence-corrected chi connectivity index (χ2v) is 18.1. The van der Waals surface area contributed by atoms with Gasteiger partial charge in [-0.05, 0) is 112 Å². The van der Waals surface area contributed by atoms with Crippen LogP contribution in [0, 0.1) is 20.8 Å². The predicted molar refractivity (Wildman–Crippen MR) is 323 cm³/mol. The topological polar surface area (TPSA) is 469 Å². The fourth-order valence-corrected chi connectivity index (χ4v) is 7.85. The number of aldehydes is 2. The maximum Gasteiger partial charge on any atom is 0 e. The van der Waals surface area contributed by atoms with Crippen molar-refractivity contribution >= 4 is 79.4 Å². The van der Waals surface area contributed by atoms with Crippen molar-refractivity contribution < 1.29 is 120 Å². The van der Waals surface area contributed by atoms with Gasteiger partial charge in [0.25, 0.3) is 0 Å². The van der Waals surface area contributed by atoms with E-state index in [9.17, 15) is 24.9 Å². The molecule has 4 aliphatic rings. The minimum Gasteiger partial charge on any atom is 0 e. The van der Waals surface area contributed by atoms with Crippen LogP contribution in [-0.4, -0.2) is 145 Å². The molecule has 0 saturated heterocycles. The summed E-state index contributed by atoms with van der Waals surface area (Å²) in [5, 5.41) is 38.3. The van der Waals surface area contributed by atoms with Crippen molar-refractivity contribution in [2.45, 2.75) is 177 Å². The van der Waals surface area contributed by atoms with Crippen molar-refractivity contribution in [1.82, 2.24) is 0 Å². The number of nitrogens with two attached hydrogens (primary N) is 2. The molecule has 3 aromatic carbocycles. The van der Waals surface area contributed by atoms with Gasteiger partial charge in [0.15, 0.2) is 12.6 Å². The van der Waals surface area contributed by atoms with E-state index in [0.717, 1.165) is 88.0 Å². The van der Waals surface area contributed by atoms with Crippen molar-refractivity contribution in [2.75, 3.05) is 7.11 Å². The number of aryl methyl sites for hydroxylation is 3. The zero-order valence-electron chi connectivity index (χ0n) is 43.6. The average Bonchev–Trinajstić information content (AvgIpc) is 3.32. The molecule has 24 N–H and O–H groups in total. The van der Waals surface area contributed by atoms with Crippen molar-refractivity contribution in [1.29, 1.82) is 0 Å². The van der Waals surface area contributed by atoms with Gasteiger partial charge in [0.05, 0.1) is 35.3 Å². The van der Waals surface area contributed by atoms with Gasteiger partial charge in [-0.1, -0.05) is 81.1 Å². The number of aliphatic hydroxyl groups excluding tert-OH is 1. The number of nitrogens with zero attached hydrogens (tertiary/aromatic N) is 4. The third-order valence-corrected chi connectivity index (χ3v) is 11.1. The summed E-state index contributed by atoms with van der Waals surface area (Å²) in [7, 11) is 18.7. The molecule has 475 valence electrons. The van der Waals surface area contributed by atoms with E-state index in [-0.39, 0.29) is 164 Å². The summed E-state index contributed by atoms with van der Waals surface area (Å²) in [6.45, 7) is 10.1. The first-order chi connectivity index (χ1) is 31.8. The number of carbonyl (C=O) groups is 2. The number of rotatable bonds is 2. The Labute approximate surface area is 515 Å². The number of hydrogen-bond acceptors (Lipinski definition) is 12. The summed E-state index contributed by atoms with van der Waals surface area (Å²) in [6, 6.07) is 11.7. The van der Waals surface area contributed by atoms with E-state index in [1.165, 1.54) is 31.4 Å². The van der Waals surface area contributed by atoms with Crippen molar-refractivity contribution in [3.63, 3.8) is 0 Å². The summed E-state index contributed by atoms with van der Waals surface area (Å²) in [6.07, 6.45) is 22.6. The molecular weight excluding hydrogens is 1250 g/mol. The van der Waals surface area contributed by atoms with Gasteiger partial charge in [-0.25, -0.2) is 0 Å². The zero-order chi connectivity index (χ0) is 49.6. The fraction of sp³-hybridized carbons (Fsp3) is 0.538. The second-order valence-electron chi connectivity index (χ2n) is 16.4.